The van der Waals surface area contributed by atoms with Crippen molar-refractivity contribution in [2.24, 2.45) is 11.8 Å². The molecule has 8 heteroatoms. The Kier molecular flexibility index (Phi) is 138. The summed E-state index contributed by atoms with van der Waals surface area (Å²) in [6.07, 6.45) is 15.4. The number of rotatable bonds is 7. The van der Waals surface area contributed by atoms with Crippen LogP contribution >= 0.6 is 0 Å². The molecular formula is C38H92OSi4W3-3. The van der Waals surface area contributed by atoms with Gasteiger partial charge in [-0.05, 0) is 45.3 Å². The molecule has 0 rings (SSSR count). The van der Waals surface area contributed by atoms with Crippen LogP contribution in [0.4, 0.5) is 0 Å². The molecule has 0 fully saturated rings. The van der Waals surface area contributed by atoms with E-state index in [1.807, 2.05) is 60.8 Å². The van der Waals surface area contributed by atoms with Gasteiger partial charge in [0, 0.05) is 92.9 Å². The zero-order valence-corrected chi connectivity index (χ0v) is 49.5. The van der Waals surface area contributed by atoms with Crippen molar-refractivity contribution in [1.29, 1.82) is 0 Å². The van der Waals surface area contributed by atoms with E-state index in [0.29, 0.717) is 6.10 Å². The first-order valence-corrected chi connectivity index (χ1v) is 29.0. The largest absolute Gasteiger partial charge is 0.415 e. The Balaban J connectivity index is -0.0000000286. The summed E-state index contributed by atoms with van der Waals surface area (Å²) in [4.78, 5) is 0. The third-order valence-corrected chi connectivity index (χ3v) is 6.94. The molecule has 0 saturated carbocycles. The summed E-state index contributed by atoms with van der Waals surface area (Å²) in [6, 6.07) is 2.41. The van der Waals surface area contributed by atoms with Gasteiger partial charge in [0.05, 0.1) is 8.80 Å². The molecule has 0 aliphatic heterocycles. The predicted molar refractivity (Wildman–Crippen MR) is 224 cm³/mol. The monoisotopic (exact) mass is 1230 g/mol. The van der Waals surface area contributed by atoms with Gasteiger partial charge < -0.3 is 23.7 Å². The summed E-state index contributed by atoms with van der Waals surface area (Å²) >= 11 is 0. The first-order valence-electron chi connectivity index (χ1n) is 17.2. The second-order valence-electron chi connectivity index (χ2n) is 13.6. The second kappa shape index (κ2) is 77.1. The van der Waals surface area contributed by atoms with E-state index >= 15 is 0 Å². The molecule has 1 nitrogen and oxygen atoms in total. The second-order valence-corrected chi connectivity index (χ2v) is 27.0. The Bertz CT molecular complexity index is 408. The average molecular weight is 1230 g/mol. The number of terminal acetylenes is 1. The Morgan fingerprint density at radius 2 is 0.870 bits per heavy atom. The van der Waals surface area contributed by atoms with Crippen molar-refractivity contribution in [3.05, 3.63) is 19.3 Å². The Morgan fingerprint density at radius 1 is 0.630 bits per heavy atom. The minimum Gasteiger partial charge on any atom is -0.415 e. The van der Waals surface area contributed by atoms with E-state index in [2.05, 4.69) is 134 Å². The van der Waals surface area contributed by atoms with E-state index in [0.717, 1.165) is 17.9 Å². The van der Waals surface area contributed by atoms with Crippen molar-refractivity contribution >= 4 is 34.7 Å². The van der Waals surface area contributed by atoms with Crippen LogP contribution in [-0.2, 0) is 67.6 Å². The topological polar surface area (TPSA) is 9.23 Å². The molecule has 46 heavy (non-hydrogen) atoms. The molecule has 0 spiro atoms. The van der Waals surface area contributed by atoms with Gasteiger partial charge in [-0.3, -0.25) is 0 Å². The van der Waals surface area contributed by atoms with E-state index in [1.54, 1.807) is 0 Å². The molecule has 0 aliphatic carbocycles. The summed E-state index contributed by atoms with van der Waals surface area (Å²) in [7, 11) is -1.10. The van der Waals surface area contributed by atoms with Gasteiger partial charge >= 0.3 is 0 Å². The fourth-order valence-electron chi connectivity index (χ4n) is 1.49. The van der Waals surface area contributed by atoms with Gasteiger partial charge in [-0.2, -0.15) is 41.5 Å². The summed E-state index contributed by atoms with van der Waals surface area (Å²) in [5.41, 5.74) is 0. The van der Waals surface area contributed by atoms with Gasteiger partial charge in [0.2, 0.25) is 0 Å². The summed E-state index contributed by atoms with van der Waals surface area (Å²) < 4.78 is 5.58. The van der Waals surface area contributed by atoms with E-state index in [1.165, 1.54) is 25.3 Å². The number of hydrogen-bond donors (Lipinski definition) is 0. The molecule has 0 N–H and O–H groups in total. The van der Waals surface area contributed by atoms with Gasteiger partial charge in [-0.25, -0.2) is 0 Å². The van der Waals surface area contributed by atoms with Crippen molar-refractivity contribution in [2.75, 3.05) is 0 Å². The van der Waals surface area contributed by atoms with Crippen molar-refractivity contribution in [3.8, 4) is 12.3 Å². The van der Waals surface area contributed by atoms with Crippen LogP contribution in [0.5, 0.6) is 0 Å². The first-order chi connectivity index (χ1) is 19.5. The Hall–Kier alpha value is 2.45. The van der Waals surface area contributed by atoms with E-state index in [4.69, 9.17) is 10.8 Å². The minimum absolute atomic E-state index is 0. The SMILES string of the molecule is C#CC[Si](C)C.CC(C)O[Si](C)(C)C.CCC(C)C.CCCC(C)C.CC[Si](C)C.C[CH-]C.C[CH-]C.C[CH-]C.C[Si](C)C.[W].[W].[W]. The van der Waals surface area contributed by atoms with Gasteiger partial charge in [-0.1, -0.05) is 120 Å². The summed E-state index contributed by atoms with van der Waals surface area (Å²) in [5.74, 6) is 4.39. The van der Waals surface area contributed by atoms with E-state index in [9.17, 15) is 0 Å². The Morgan fingerprint density at radius 3 is 0.870 bits per heavy atom. The molecule has 0 atom stereocenters. The molecule has 0 aromatic carbocycles. The van der Waals surface area contributed by atoms with Gasteiger partial charge in [-0.15, -0.1) is 12.3 Å². The van der Waals surface area contributed by atoms with Crippen LogP contribution in [0.1, 0.15) is 123 Å². The molecule has 3 radical (unpaired) electrons. The summed E-state index contributed by atoms with van der Waals surface area (Å²) in [6.45, 7) is 54.3. The van der Waals surface area contributed by atoms with Crippen LogP contribution < -0.4 is 0 Å². The van der Waals surface area contributed by atoms with Gasteiger partial charge in [0.1, 0.15) is 0 Å². The third-order valence-electron chi connectivity index (χ3n) is 3.43. The molecule has 0 saturated heterocycles. The van der Waals surface area contributed by atoms with Crippen LogP contribution in [0, 0.1) is 43.4 Å². The van der Waals surface area contributed by atoms with Crippen molar-refractivity contribution in [3.63, 3.8) is 0 Å². The first kappa shape index (κ1) is 82.1. The maximum atomic E-state index is 5.58. The molecule has 0 aromatic rings. The van der Waals surface area contributed by atoms with E-state index < -0.39 is 8.32 Å². The van der Waals surface area contributed by atoms with Crippen molar-refractivity contribution < 1.29 is 67.6 Å². The zero-order valence-electron chi connectivity index (χ0n) is 36.7. The summed E-state index contributed by atoms with van der Waals surface area (Å²) in [5, 5.41) is 0. The quantitative estimate of drug-likeness (QED) is 0.140. The molecule has 287 valence electrons. The van der Waals surface area contributed by atoms with Crippen LogP contribution in [0.15, 0.2) is 0 Å². The smallest absolute Gasteiger partial charge is 0.184 e. The van der Waals surface area contributed by atoms with Crippen molar-refractivity contribution in [1.82, 2.24) is 0 Å². The molecule has 0 aliphatic rings. The third kappa shape index (κ3) is 315. The number of hydrogen-bond acceptors (Lipinski definition) is 1. The Labute approximate surface area is 349 Å². The molecule has 0 unspecified atom stereocenters. The van der Waals surface area contributed by atoms with Crippen molar-refractivity contribution in [2.45, 2.75) is 207 Å². The van der Waals surface area contributed by atoms with E-state index in [-0.39, 0.29) is 89.6 Å². The molecular weight excluding hydrogens is 1140 g/mol. The average Bonchev–Trinajstić information content (AvgIpc) is 2.80. The van der Waals surface area contributed by atoms with Crippen LogP contribution in [0.3, 0.4) is 0 Å². The van der Waals surface area contributed by atoms with Crippen LogP contribution in [0.25, 0.3) is 0 Å². The fraction of sp³-hybridized carbons (Fsp3) is 0.868. The van der Waals surface area contributed by atoms with Crippen LogP contribution in [0.2, 0.25) is 77.6 Å². The standard InChI is InChI=1S/C6H16OSi.C6H14.C5H9Si.C5H12.C4H11Si.C3H9Si.3C3H7.3W/c1-6(2)7-8(3,4)5;2*1-4-5-6(2)3;2*1-4-5(2)3;1-4(2)3;3*1-3-2;;;/h6H,1-5H3;6H,4-5H2,1-3H3;1H,5H2,2-3H3;5H,4H2,1-3H3;4H2,1-3H3;1-3H3;3*3H,1-2H3;;;/q;;;;;;3*-1;;;. The maximum Gasteiger partial charge on any atom is 0.184 e. The zero-order chi connectivity index (χ0) is 37.0. The molecule has 0 amide bonds. The van der Waals surface area contributed by atoms with Crippen LogP contribution in [-0.4, -0.2) is 40.8 Å². The molecule has 0 aromatic heterocycles. The maximum absolute atomic E-state index is 5.58. The predicted octanol–water partition coefficient (Wildman–Crippen LogP) is 14.9. The molecule has 0 heterocycles. The van der Waals surface area contributed by atoms with Gasteiger partial charge in [0.15, 0.2) is 8.32 Å². The van der Waals surface area contributed by atoms with Gasteiger partial charge in [0.25, 0.3) is 0 Å². The fourth-order valence-corrected chi connectivity index (χ4v) is 3.31. The minimum atomic E-state index is -1.22. The normalized spacial score (nSPS) is 8.65. The molecule has 0 bridgehead atoms.